The molecule has 0 saturated heterocycles. The Morgan fingerprint density at radius 3 is 1.89 bits per heavy atom. The van der Waals surface area contributed by atoms with E-state index in [0.29, 0.717) is 0 Å². The third-order valence-electron chi connectivity index (χ3n) is 1.14. The summed E-state index contributed by atoms with van der Waals surface area (Å²) < 4.78 is 37.4. The van der Waals surface area contributed by atoms with E-state index < -0.39 is 7.32 Å². The summed E-state index contributed by atoms with van der Waals surface area (Å²) in [4.78, 5) is 18.0. The van der Waals surface area contributed by atoms with Crippen LogP contribution in [0.1, 0.15) is 20.8 Å². The van der Waals surface area contributed by atoms with E-state index in [1.165, 1.54) is 0 Å². The first kappa shape index (κ1) is 20.9. The van der Waals surface area contributed by atoms with Crippen molar-refractivity contribution in [1.29, 1.82) is 0 Å². The molecule has 18 heavy (non-hydrogen) atoms. The number of halogens is 3. The van der Waals surface area contributed by atoms with Crippen LogP contribution in [0.5, 0.6) is 0 Å². The molecule has 0 aliphatic rings. The van der Waals surface area contributed by atoms with Crippen LogP contribution in [-0.2, 0) is 19.3 Å². The van der Waals surface area contributed by atoms with E-state index >= 15 is 0 Å². The Morgan fingerprint density at radius 1 is 1.22 bits per heavy atom. The number of carbonyl (C=O) groups is 1. The number of hydrogen-bond donors (Lipinski definition) is 1. The molecule has 0 aliphatic carbocycles. The number of alkyl carbamates (subject to hydrolysis) is 1. The van der Waals surface area contributed by atoms with Crippen molar-refractivity contribution in [1.82, 2.24) is 5.32 Å². The molecule has 1 amide bonds. The van der Waals surface area contributed by atoms with Gasteiger partial charge in [0.1, 0.15) is 0 Å². The third kappa shape index (κ3) is 16.6. The molecule has 0 aromatic carbocycles. The standard InChI is InChI=1S/C7H14NO2.BF3O3.K/c1-5-8-6(9)10-7(2,3)4;2-5-1(6-3)7-4;/h1,5H2,2-4H3,(H,8,9);;. The van der Waals surface area contributed by atoms with Crippen LogP contribution in [-0.4, -0.2) is 74.5 Å². The molecule has 0 radical (unpaired) electrons. The van der Waals surface area contributed by atoms with Gasteiger partial charge in [0.15, 0.2) is 0 Å². The Balaban J connectivity index is 0. The summed E-state index contributed by atoms with van der Waals surface area (Å²) in [7, 11) is -2.51. The predicted molar refractivity (Wildman–Crippen MR) is 57.1 cm³/mol. The van der Waals surface area contributed by atoms with E-state index in [9.17, 15) is 18.4 Å². The van der Waals surface area contributed by atoms with Crippen LogP contribution in [0.2, 0.25) is 0.515 Å². The fraction of sp³-hybridized carbons (Fsp3) is 0.857. The largest absolute Gasteiger partial charge is 0.737 e. The molecule has 0 rings (SSSR count). The Bertz CT molecular complexity index is 212. The number of amides is 1. The number of nitrogens with one attached hydrogen (secondary N) is 1. The van der Waals surface area contributed by atoms with Crippen molar-refractivity contribution in [2.75, 3.05) is 6.54 Å². The molecule has 0 aromatic rings. The van der Waals surface area contributed by atoms with Gasteiger partial charge in [-0.15, -0.1) is 0 Å². The normalized spacial score (nSPS) is 10.2. The van der Waals surface area contributed by atoms with E-state index in [0.717, 1.165) is 56.0 Å². The van der Waals surface area contributed by atoms with Gasteiger partial charge in [0.2, 0.25) is 0 Å². The summed E-state index contributed by atoms with van der Waals surface area (Å²) >= 11 is 0.808. The van der Waals surface area contributed by atoms with Crippen molar-refractivity contribution in [2.24, 2.45) is 0 Å². The summed E-state index contributed by atoms with van der Waals surface area (Å²) in [6.45, 7) is 6.33. The number of rotatable bonds is 5. The second-order valence-electron chi connectivity index (χ2n) is 3.98. The number of ether oxygens (including phenoxy) is 1. The van der Waals surface area contributed by atoms with Crippen molar-refractivity contribution < 1.29 is 37.7 Å². The van der Waals surface area contributed by atoms with Crippen LogP contribution in [0.3, 0.4) is 0 Å². The molecule has 6 nitrogen and oxygen atoms in total. The van der Waals surface area contributed by atoms with Crippen LogP contribution in [0.4, 0.5) is 18.4 Å². The van der Waals surface area contributed by atoms with Crippen molar-refractivity contribution in [3.8, 4) is 0 Å². The summed E-state index contributed by atoms with van der Waals surface area (Å²) in [5.74, 6) is 0. The van der Waals surface area contributed by atoms with Crippen LogP contribution in [0.15, 0.2) is 0 Å². The average molecular weight is 299 g/mol. The van der Waals surface area contributed by atoms with Crippen LogP contribution in [0.25, 0.3) is 0 Å². The van der Waals surface area contributed by atoms with Gasteiger partial charge in [0.25, 0.3) is 0 Å². The zero-order chi connectivity index (χ0) is 14.6. The predicted octanol–water partition coefficient (Wildman–Crippen LogP) is 1.77. The molecule has 0 saturated carbocycles. The van der Waals surface area contributed by atoms with Crippen molar-refractivity contribution in [3.63, 3.8) is 0 Å². The molecule has 1 N–H and O–H groups in total. The summed E-state index contributed by atoms with van der Waals surface area (Å²) in [6.07, 6.45) is -0.304. The SMILES string of the molecule is CC(C)(C)OC(=O)NC[CH2][K].FOB(OF)OF. The summed E-state index contributed by atoms with van der Waals surface area (Å²) in [6, 6.07) is 0. The fourth-order valence-electron chi connectivity index (χ4n) is 0.582. The van der Waals surface area contributed by atoms with Crippen molar-refractivity contribution >= 4 is 62.4 Å². The Morgan fingerprint density at radius 2 is 1.67 bits per heavy atom. The molecule has 0 bridgehead atoms. The Labute approximate surface area is 137 Å². The molecule has 102 valence electrons. The van der Waals surface area contributed by atoms with Crippen molar-refractivity contribution in [3.05, 3.63) is 0 Å². The molecule has 0 atom stereocenters. The third-order valence-corrected chi connectivity index (χ3v) is 1.92. The van der Waals surface area contributed by atoms with E-state index in [4.69, 9.17) is 4.74 Å². The smallest absolute Gasteiger partial charge is 0.185 e. The second-order valence-corrected chi connectivity index (χ2v) is 5.55. The van der Waals surface area contributed by atoms with E-state index in [-0.39, 0.29) is 11.7 Å². The van der Waals surface area contributed by atoms with Gasteiger partial charge in [-0.1, -0.05) is 13.6 Å². The van der Waals surface area contributed by atoms with Gasteiger partial charge in [0.05, 0.1) is 0 Å². The van der Waals surface area contributed by atoms with Gasteiger partial charge in [-0.3, -0.25) is 0 Å². The molecule has 0 heterocycles. The molecule has 0 fully saturated rings. The van der Waals surface area contributed by atoms with Crippen LogP contribution >= 0.6 is 0 Å². The molecular weight excluding hydrogens is 285 g/mol. The fourth-order valence-corrected chi connectivity index (χ4v) is 0.973. The van der Waals surface area contributed by atoms with Crippen LogP contribution in [0, 0.1) is 0 Å². The number of carbonyl (C=O) groups excluding carboxylic acids is 1. The molecule has 0 aliphatic heterocycles. The van der Waals surface area contributed by atoms with Gasteiger partial charge < -0.3 is 0 Å². The zero-order valence-corrected chi connectivity index (χ0v) is 13.8. The minimum Gasteiger partial charge on any atom is -0.185 e. The van der Waals surface area contributed by atoms with Gasteiger partial charge >= 0.3 is 111 Å². The minimum absolute atomic E-state index is 0.304. The van der Waals surface area contributed by atoms with Crippen molar-refractivity contribution in [2.45, 2.75) is 26.9 Å². The van der Waals surface area contributed by atoms with Crippen LogP contribution < -0.4 is 5.32 Å². The molecule has 0 spiro atoms. The van der Waals surface area contributed by atoms with Gasteiger partial charge in [-0.2, -0.15) is 14.6 Å². The van der Waals surface area contributed by atoms with E-state index in [1.54, 1.807) is 0 Å². The molecule has 0 aromatic heterocycles. The summed E-state index contributed by atoms with van der Waals surface area (Å²) in [5.41, 5.74) is -0.376. The Hall–Kier alpha value is 0.641. The van der Waals surface area contributed by atoms with E-state index in [2.05, 4.69) is 19.9 Å². The first-order chi connectivity index (χ1) is 8.30. The topological polar surface area (TPSA) is 66.0 Å². The average Bonchev–Trinajstić information content (AvgIpc) is 2.27. The zero-order valence-electron chi connectivity index (χ0n) is 10.7. The second kappa shape index (κ2) is 12.7. The first-order valence-corrected chi connectivity index (χ1v) is 7.30. The molecular formula is C7H14BF3KNO5. The quantitative estimate of drug-likeness (QED) is 0.784. The molecule has 0 unspecified atom stereocenters. The minimum atomic E-state index is -2.51. The maximum Gasteiger partial charge on any atom is 0.737 e. The maximum absolute atomic E-state index is 10.9. The Kier molecular flexibility index (Phi) is 14.7. The maximum atomic E-state index is 10.9. The van der Waals surface area contributed by atoms with Gasteiger partial charge in [-0.05, 0) is 0 Å². The summed E-state index contributed by atoms with van der Waals surface area (Å²) in [5, 5.41) is 2.67. The number of hydrogen-bond acceptors (Lipinski definition) is 5. The van der Waals surface area contributed by atoms with E-state index in [1.807, 2.05) is 20.8 Å². The monoisotopic (exact) mass is 299 g/mol. The first-order valence-electron chi connectivity index (χ1n) is 5.09. The molecule has 11 heteroatoms. The van der Waals surface area contributed by atoms with Gasteiger partial charge in [0, 0.05) is 0 Å². The van der Waals surface area contributed by atoms with Gasteiger partial charge in [-0.25, -0.2) is 0 Å².